The quantitative estimate of drug-likeness (QED) is 0.145. The Bertz CT molecular complexity index is 1190. The zero-order chi connectivity index (χ0) is 28.3. The molecule has 0 spiro atoms. The van der Waals surface area contributed by atoms with E-state index in [1.807, 2.05) is 35.7 Å². The first kappa shape index (κ1) is 29.8. The Labute approximate surface area is 234 Å². The number of nitro benzene ring substituents is 1. The zero-order valence-corrected chi connectivity index (χ0v) is 23.5. The molecule has 0 fully saturated rings. The topological polar surface area (TPSA) is 102 Å². The molecule has 8 nitrogen and oxygen atoms in total. The van der Waals surface area contributed by atoms with E-state index in [4.69, 9.17) is 4.74 Å². The molecule has 2 amide bonds. The maximum Gasteiger partial charge on any atom is 0.408 e. The van der Waals surface area contributed by atoms with Crippen molar-refractivity contribution in [2.45, 2.75) is 71.2 Å². The second-order valence-corrected chi connectivity index (χ2v) is 11.3. The van der Waals surface area contributed by atoms with Gasteiger partial charge in [0.15, 0.2) is 0 Å². The van der Waals surface area contributed by atoms with Gasteiger partial charge in [0.25, 0.3) is 5.69 Å². The van der Waals surface area contributed by atoms with Crippen LogP contribution < -0.4 is 5.32 Å². The van der Waals surface area contributed by atoms with Crippen LogP contribution >= 0.6 is 11.3 Å². The minimum absolute atomic E-state index is 0.00824. The summed E-state index contributed by atoms with van der Waals surface area (Å²) in [6.45, 7) is 5.94. The van der Waals surface area contributed by atoms with Crippen molar-refractivity contribution in [2.75, 3.05) is 0 Å². The third-order valence-electron chi connectivity index (χ3n) is 5.87. The van der Waals surface area contributed by atoms with Crippen LogP contribution in [0.5, 0.6) is 0 Å². The van der Waals surface area contributed by atoms with E-state index in [1.165, 1.54) is 17.7 Å². The van der Waals surface area contributed by atoms with Gasteiger partial charge in [-0.25, -0.2) is 4.79 Å². The van der Waals surface area contributed by atoms with E-state index in [-0.39, 0.29) is 18.1 Å². The third kappa shape index (κ3) is 10.5. The van der Waals surface area contributed by atoms with Gasteiger partial charge in [0.1, 0.15) is 11.6 Å². The lowest BCUT2D eigenvalue weighted by Gasteiger charge is -2.29. The average molecular weight is 551 g/mol. The van der Waals surface area contributed by atoms with Crippen LogP contribution in [0.15, 0.2) is 72.1 Å². The fourth-order valence-corrected chi connectivity index (χ4v) is 4.74. The van der Waals surface area contributed by atoms with Crippen LogP contribution in [0.3, 0.4) is 0 Å². The van der Waals surface area contributed by atoms with E-state index >= 15 is 0 Å². The average Bonchev–Trinajstić information content (AvgIpc) is 3.40. The summed E-state index contributed by atoms with van der Waals surface area (Å²) < 4.78 is 5.45. The smallest absolute Gasteiger partial charge is 0.408 e. The van der Waals surface area contributed by atoms with Gasteiger partial charge in [-0.3, -0.25) is 14.9 Å². The van der Waals surface area contributed by atoms with Crippen LogP contribution in [0.25, 0.3) is 0 Å². The van der Waals surface area contributed by atoms with Gasteiger partial charge in [0.2, 0.25) is 5.91 Å². The van der Waals surface area contributed by atoms with Crippen LogP contribution in [0.4, 0.5) is 10.5 Å². The molecule has 0 bridgehead atoms. The first-order chi connectivity index (χ1) is 18.6. The fraction of sp³-hybridized carbons (Fsp3) is 0.367. The molecule has 207 valence electrons. The molecule has 2 aromatic carbocycles. The number of unbranched alkanes of at least 4 members (excludes halogenated alkanes) is 2. The van der Waals surface area contributed by atoms with Gasteiger partial charge in [-0.15, -0.1) is 11.3 Å². The summed E-state index contributed by atoms with van der Waals surface area (Å²) in [7, 11) is 0. The molecule has 39 heavy (non-hydrogen) atoms. The normalized spacial score (nSPS) is 12.0. The lowest BCUT2D eigenvalue weighted by Crippen LogP contribution is -2.49. The maximum absolute atomic E-state index is 13.9. The van der Waals surface area contributed by atoms with Gasteiger partial charge in [0, 0.05) is 23.6 Å². The molecule has 1 heterocycles. The predicted octanol–water partition coefficient (Wildman–Crippen LogP) is 6.70. The van der Waals surface area contributed by atoms with Gasteiger partial charge in [0.05, 0.1) is 11.5 Å². The first-order valence-corrected chi connectivity index (χ1v) is 13.9. The van der Waals surface area contributed by atoms with E-state index in [9.17, 15) is 19.7 Å². The van der Waals surface area contributed by atoms with E-state index in [0.717, 1.165) is 23.3 Å². The minimum Gasteiger partial charge on any atom is -0.444 e. The predicted molar refractivity (Wildman–Crippen MR) is 153 cm³/mol. The van der Waals surface area contributed by atoms with E-state index < -0.39 is 22.7 Å². The van der Waals surface area contributed by atoms with Crippen molar-refractivity contribution in [2.24, 2.45) is 0 Å². The number of nitrogens with zero attached hydrogens (tertiary/aromatic N) is 2. The number of hydrogen-bond donors (Lipinski definition) is 1. The molecule has 3 rings (SSSR count). The van der Waals surface area contributed by atoms with Crippen molar-refractivity contribution in [1.29, 1.82) is 0 Å². The lowest BCUT2D eigenvalue weighted by molar-refractivity contribution is -0.384. The van der Waals surface area contributed by atoms with Crippen LogP contribution in [-0.2, 0) is 29.0 Å². The molecule has 1 N–H and O–H groups in total. The monoisotopic (exact) mass is 550 g/mol. The number of hydrogen-bond acceptors (Lipinski definition) is 6. The number of nitrogens with one attached hydrogen (secondary N) is 1. The summed E-state index contributed by atoms with van der Waals surface area (Å²) >= 11 is 1.54. The van der Waals surface area contributed by atoms with E-state index in [2.05, 4.69) is 23.9 Å². The number of amides is 2. The highest BCUT2D eigenvalue weighted by Gasteiger charge is 2.28. The van der Waals surface area contributed by atoms with Crippen molar-refractivity contribution >= 4 is 29.0 Å². The molecule has 0 saturated carbocycles. The number of thiophene rings is 1. The van der Waals surface area contributed by atoms with Gasteiger partial charge >= 0.3 is 6.09 Å². The Morgan fingerprint density at radius 3 is 2.36 bits per heavy atom. The highest BCUT2D eigenvalue weighted by atomic mass is 32.1. The Morgan fingerprint density at radius 2 is 1.74 bits per heavy atom. The molecule has 9 heteroatoms. The molecule has 0 unspecified atom stereocenters. The Kier molecular flexibility index (Phi) is 11.0. The van der Waals surface area contributed by atoms with Gasteiger partial charge in [-0.05, 0) is 69.0 Å². The molecule has 1 atom stereocenters. The highest BCUT2D eigenvalue weighted by Crippen LogP contribution is 2.20. The van der Waals surface area contributed by atoms with Gasteiger partial charge < -0.3 is 15.0 Å². The molecule has 0 aliphatic carbocycles. The van der Waals surface area contributed by atoms with Crippen LogP contribution in [0.2, 0.25) is 0 Å². The number of carbonyl (C=O) groups is 2. The lowest BCUT2D eigenvalue weighted by atomic mass is 10.0. The number of alkyl carbamates (subject to hydrolysis) is 1. The Morgan fingerprint density at radius 1 is 1.03 bits per heavy atom. The summed E-state index contributed by atoms with van der Waals surface area (Å²) in [4.78, 5) is 39.8. The second kappa shape index (κ2) is 14.4. The zero-order valence-electron chi connectivity index (χ0n) is 22.7. The van der Waals surface area contributed by atoms with Crippen LogP contribution in [0, 0.1) is 16.5 Å². The van der Waals surface area contributed by atoms with Crippen molar-refractivity contribution < 1.29 is 19.2 Å². The first-order valence-electron chi connectivity index (χ1n) is 13.0. The molecular formula is C30H36N3O5S. The summed E-state index contributed by atoms with van der Waals surface area (Å²) in [5.41, 5.74) is 1.28. The number of benzene rings is 2. The number of ether oxygens (including phenoxy) is 1. The molecule has 0 aliphatic rings. The maximum atomic E-state index is 13.9. The molecule has 1 radical (unpaired) electrons. The van der Waals surface area contributed by atoms with Crippen molar-refractivity contribution in [3.63, 3.8) is 0 Å². The number of rotatable bonds is 13. The van der Waals surface area contributed by atoms with E-state index in [0.29, 0.717) is 19.4 Å². The molecule has 1 aromatic heterocycles. The van der Waals surface area contributed by atoms with Crippen LogP contribution in [-0.4, -0.2) is 33.5 Å². The van der Waals surface area contributed by atoms with E-state index in [1.54, 1.807) is 49.1 Å². The third-order valence-corrected chi connectivity index (χ3v) is 6.73. The van der Waals surface area contributed by atoms with Crippen molar-refractivity contribution in [3.05, 3.63) is 105 Å². The summed E-state index contributed by atoms with van der Waals surface area (Å²) in [6.07, 6.45) is 4.34. The van der Waals surface area contributed by atoms with Gasteiger partial charge in [-0.1, -0.05) is 55.0 Å². The van der Waals surface area contributed by atoms with Crippen LogP contribution in [0.1, 0.15) is 56.0 Å². The molecule has 0 aliphatic heterocycles. The van der Waals surface area contributed by atoms with Crippen molar-refractivity contribution in [1.82, 2.24) is 10.2 Å². The summed E-state index contributed by atoms with van der Waals surface area (Å²) in [5, 5.41) is 15.8. The number of carbonyl (C=O) groups excluding carboxylic acids is 2. The number of non-ortho nitro benzene ring substituents is 1. The molecule has 0 saturated heterocycles. The Hall–Kier alpha value is -3.72. The summed E-state index contributed by atoms with van der Waals surface area (Å²) in [5.74, 6) is -0.226. The highest BCUT2D eigenvalue weighted by molar-refractivity contribution is 7.09. The SMILES string of the molecule is CC(C)(C)OC(=O)N[C@@H](CCC[CH]Cc1ccccc1)C(=O)N(Cc1ccc([N+](=O)[O-])cc1)Cc1cccs1. The fourth-order valence-electron chi connectivity index (χ4n) is 4.02. The second-order valence-electron chi connectivity index (χ2n) is 10.3. The number of nitro groups is 1. The summed E-state index contributed by atoms with van der Waals surface area (Å²) in [6, 6.07) is 19.4. The van der Waals surface area contributed by atoms with Crippen molar-refractivity contribution in [3.8, 4) is 0 Å². The standard InChI is InChI=1S/C30H36N3O5S/c1-30(2,3)38-29(35)31-27(15-9-5-8-13-23-11-6-4-7-12-23)28(34)32(22-26-14-10-20-39-26)21-24-16-18-25(19-17-24)33(36)37/h4,6-8,10-12,14,16-20,27H,5,9,13,15,21-22H2,1-3H3,(H,31,35)/t27-/m0/s1. The Balaban J connectivity index is 1.72. The van der Waals surface area contributed by atoms with Gasteiger partial charge in [-0.2, -0.15) is 0 Å². The minimum atomic E-state index is -0.775. The largest absolute Gasteiger partial charge is 0.444 e. The molecule has 3 aromatic rings. The molecular weight excluding hydrogens is 514 g/mol.